The van der Waals surface area contributed by atoms with Crippen LogP contribution in [0.2, 0.25) is 5.02 Å². The van der Waals surface area contributed by atoms with Gasteiger partial charge in [-0.1, -0.05) is 30.7 Å². The standard InChI is InChI=1S/C16H21ClFN3/c1-5-19-10(2)15-11(3)20-21(12(15)4)9-13-7-6-8-14(18)16(13)17/h6-8,10,19H,5,9H2,1-4H3. The third-order valence-corrected chi connectivity index (χ3v) is 4.16. The van der Waals surface area contributed by atoms with Crippen LogP contribution in [0, 0.1) is 19.7 Å². The van der Waals surface area contributed by atoms with Gasteiger partial charge in [0.25, 0.3) is 0 Å². The number of hydrogen-bond donors (Lipinski definition) is 1. The average molecular weight is 310 g/mol. The number of benzene rings is 1. The lowest BCUT2D eigenvalue weighted by molar-refractivity contribution is 0.588. The third-order valence-electron chi connectivity index (χ3n) is 3.73. The largest absolute Gasteiger partial charge is 0.310 e. The highest BCUT2D eigenvalue weighted by Gasteiger charge is 2.17. The molecule has 0 saturated heterocycles. The van der Waals surface area contributed by atoms with Crippen LogP contribution in [-0.4, -0.2) is 16.3 Å². The van der Waals surface area contributed by atoms with Gasteiger partial charge in [-0.25, -0.2) is 4.39 Å². The van der Waals surface area contributed by atoms with E-state index in [9.17, 15) is 4.39 Å². The van der Waals surface area contributed by atoms with Crippen LogP contribution < -0.4 is 5.32 Å². The Morgan fingerprint density at radius 1 is 1.38 bits per heavy atom. The second-order valence-electron chi connectivity index (χ2n) is 5.23. The molecule has 0 aliphatic rings. The van der Waals surface area contributed by atoms with Gasteiger partial charge in [0.2, 0.25) is 0 Å². The number of nitrogens with zero attached hydrogens (tertiary/aromatic N) is 2. The molecular formula is C16H21ClFN3. The molecule has 1 heterocycles. The molecule has 0 aliphatic heterocycles. The van der Waals surface area contributed by atoms with E-state index in [1.807, 2.05) is 24.6 Å². The number of rotatable bonds is 5. The molecule has 3 nitrogen and oxygen atoms in total. The smallest absolute Gasteiger partial charge is 0.142 e. The van der Waals surface area contributed by atoms with Gasteiger partial charge in [0, 0.05) is 17.3 Å². The van der Waals surface area contributed by atoms with Gasteiger partial charge >= 0.3 is 0 Å². The Morgan fingerprint density at radius 2 is 2.10 bits per heavy atom. The van der Waals surface area contributed by atoms with Gasteiger partial charge in [0.05, 0.1) is 17.3 Å². The van der Waals surface area contributed by atoms with Crippen molar-refractivity contribution in [2.45, 2.75) is 40.3 Å². The molecule has 1 N–H and O–H groups in total. The monoisotopic (exact) mass is 309 g/mol. The van der Waals surface area contributed by atoms with E-state index in [1.165, 1.54) is 11.6 Å². The predicted molar refractivity (Wildman–Crippen MR) is 84.3 cm³/mol. The van der Waals surface area contributed by atoms with Crippen LogP contribution in [0.4, 0.5) is 4.39 Å². The van der Waals surface area contributed by atoms with Gasteiger partial charge in [-0.05, 0) is 38.9 Å². The van der Waals surface area contributed by atoms with E-state index >= 15 is 0 Å². The number of halogens is 2. The average Bonchev–Trinajstić information content (AvgIpc) is 2.70. The number of aromatic nitrogens is 2. The summed E-state index contributed by atoms with van der Waals surface area (Å²) >= 11 is 6.03. The van der Waals surface area contributed by atoms with Gasteiger partial charge in [0.15, 0.2) is 0 Å². The molecule has 0 bridgehead atoms. The summed E-state index contributed by atoms with van der Waals surface area (Å²) in [6, 6.07) is 5.11. The van der Waals surface area contributed by atoms with Crippen molar-refractivity contribution in [3.63, 3.8) is 0 Å². The van der Waals surface area contributed by atoms with Gasteiger partial charge in [-0.2, -0.15) is 5.10 Å². The van der Waals surface area contributed by atoms with Crippen LogP contribution in [0.5, 0.6) is 0 Å². The fourth-order valence-electron chi connectivity index (χ4n) is 2.73. The molecule has 0 radical (unpaired) electrons. The zero-order chi connectivity index (χ0) is 15.6. The van der Waals surface area contributed by atoms with Crippen LogP contribution in [0.3, 0.4) is 0 Å². The van der Waals surface area contributed by atoms with E-state index in [0.717, 1.165) is 23.5 Å². The zero-order valence-electron chi connectivity index (χ0n) is 12.9. The number of aryl methyl sites for hydroxylation is 1. The zero-order valence-corrected chi connectivity index (χ0v) is 13.6. The van der Waals surface area contributed by atoms with Gasteiger partial charge in [-0.15, -0.1) is 0 Å². The number of hydrogen-bond acceptors (Lipinski definition) is 2. The summed E-state index contributed by atoms with van der Waals surface area (Å²) < 4.78 is 15.4. The van der Waals surface area contributed by atoms with Crippen molar-refractivity contribution in [1.29, 1.82) is 0 Å². The summed E-state index contributed by atoms with van der Waals surface area (Å²) in [6.07, 6.45) is 0. The second-order valence-corrected chi connectivity index (χ2v) is 5.61. The maximum atomic E-state index is 13.5. The first-order valence-corrected chi connectivity index (χ1v) is 7.53. The molecule has 1 unspecified atom stereocenters. The van der Waals surface area contributed by atoms with Gasteiger partial charge < -0.3 is 5.32 Å². The first-order chi connectivity index (χ1) is 9.95. The van der Waals surface area contributed by atoms with Crippen molar-refractivity contribution in [2.24, 2.45) is 0 Å². The minimum Gasteiger partial charge on any atom is -0.310 e. The molecule has 0 amide bonds. The van der Waals surface area contributed by atoms with Crippen molar-refractivity contribution >= 4 is 11.6 Å². The molecule has 0 fully saturated rings. The molecule has 21 heavy (non-hydrogen) atoms. The summed E-state index contributed by atoms with van der Waals surface area (Å²) in [6.45, 7) is 9.62. The van der Waals surface area contributed by atoms with E-state index in [4.69, 9.17) is 11.6 Å². The SMILES string of the molecule is CCNC(C)c1c(C)nn(Cc2cccc(F)c2Cl)c1C. The third kappa shape index (κ3) is 3.27. The Labute approximate surface area is 130 Å². The lowest BCUT2D eigenvalue weighted by Crippen LogP contribution is -2.19. The highest BCUT2D eigenvalue weighted by atomic mass is 35.5. The second kappa shape index (κ2) is 6.58. The molecular weight excluding hydrogens is 289 g/mol. The van der Waals surface area contributed by atoms with E-state index in [-0.39, 0.29) is 11.1 Å². The summed E-state index contributed by atoms with van der Waals surface area (Å²) in [5, 5.41) is 8.15. The summed E-state index contributed by atoms with van der Waals surface area (Å²) in [5.74, 6) is -0.392. The quantitative estimate of drug-likeness (QED) is 0.904. The first-order valence-electron chi connectivity index (χ1n) is 7.15. The van der Waals surface area contributed by atoms with Crippen LogP contribution in [0.1, 0.15) is 42.4 Å². The summed E-state index contributed by atoms with van der Waals surface area (Å²) in [7, 11) is 0. The van der Waals surface area contributed by atoms with Crippen molar-refractivity contribution in [1.82, 2.24) is 15.1 Å². The molecule has 114 valence electrons. The molecule has 2 rings (SSSR count). The maximum Gasteiger partial charge on any atom is 0.142 e. The summed E-state index contributed by atoms with van der Waals surface area (Å²) in [4.78, 5) is 0. The lowest BCUT2D eigenvalue weighted by atomic mass is 10.1. The maximum absolute atomic E-state index is 13.5. The summed E-state index contributed by atoms with van der Waals surface area (Å²) in [5.41, 5.74) is 4.02. The Kier molecular flexibility index (Phi) is 5.01. The van der Waals surface area contributed by atoms with Crippen molar-refractivity contribution in [3.8, 4) is 0 Å². The van der Waals surface area contributed by atoms with E-state index < -0.39 is 5.82 Å². The van der Waals surface area contributed by atoms with E-state index in [0.29, 0.717) is 6.54 Å². The fraction of sp³-hybridized carbons (Fsp3) is 0.438. The normalized spacial score (nSPS) is 12.7. The minimum absolute atomic E-state index is 0.173. The molecule has 0 aliphatic carbocycles. The van der Waals surface area contributed by atoms with E-state index in [1.54, 1.807) is 6.07 Å². The first kappa shape index (κ1) is 16.0. The minimum atomic E-state index is -0.392. The fourth-order valence-corrected chi connectivity index (χ4v) is 2.92. The Morgan fingerprint density at radius 3 is 2.76 bits per heavy atom. The van der Waals surface area contributed by atoms with Crippen LogP contribution >= 0.6 is 11.6 Å². The van der Waals surface area contributed by atoms with Crippen molar-refractivity contribution in [2.75, 3.05) is 6.54 Å². The molecule has 2 aromatic rings. The molecule has 1 atom stereocenters. The Bertz CT molecular complexity index is 637. The Balaban J connectivity index is 2.34. The molecule has 0 spiro atoms. The van der Waals surface area contributed by atoms with Crippen LogP contribution in [0.25, 0.3) is 0 Å². The predicted octanol–water partition coefficient (Wildman–Crippen LogP) is 4.01. The van der Waals surface area contributed by atoms with Crippen molar-refractivity contribution in [3.05, 3.63) is 51.6 Å². The highest BCUT2D eigenvalue weighted by Crippen LogP contribution is 2.24. The Hall–Kier alpha value is -1.39. The molecule has 1 aromatic carbocycles. The number of nitrogens with one attached hydrogen (secondary N) is 1. The lowest BCUT2D eigenvalue weighted by Gasteiger charge is -2.13. The van der Waals surface area contributed by atoms with Crippen LogP contribution in [0.15, 0.2) is 18.2 Å². The van der Waals surface area contributed by atoms with Gasteiger partial charge in [0.1, 0.15) is 5.82 Å². The van der Waals surface area contributed by atoms with Crippen molar-refractivity contribution < 1.29 is 4.39 Å². The van der Waals surface area contributed by atoms with E-state index in [2.05, 4.69) is 24.3 Å². The van der Waals surface area contributed by atoms with Crippen LogP contribution in [-0.2, 0) is 6.54 Å². The topological polar surface area (TPSA) is 29.9 Å². The van der Waals surface area contributed by atoms with Gasteiger partial charge in [-0.3, -0.25) is 4.68 Å². The highest BCUT2D eigenvalue weighted by molar-refractivity contribution is 6.31. The molecule has 0 saturated carbocycles. The molecule has 1 aromatic heterocycles. The molecule has 5 heteroatoms.